The van der Waals surface area contributed by atoms with Crippen molar-refractivity contribution in [2.75, 3.05) is 4.90 Å². The normalized spacial score (nSPS) is 15.0. The van der Waals surface area contributed by atoms with Gasteiger partial charge in [-0.2, -0.15) is 0 Å². The molecule has 0 atom stereocenters. The third kappa shape index (κ3) is 2.93. The quantitative estimate of drug-likeness (QED) is 0.572. The van der Waals surface area contributed by atoms with Crippen LogP contribution in [-0.2, 0) is 6.54 Å². The van der Waals surface area contributed by atoms with Gasteiger partial charge in [-0.15, -0.1) is 0 Å². The van der Waals surface area contributed by atoms with Crippen molar-refractivity contribution in [3.05, 3.63) is 60.2 Å². The second-order valence-corrected chi connectivity index (χ2v) is 7.52. The molecule has 0 amide bonds. The smallest absolute Gasteiger partial charge is 0.157 e. The van der Waals surface area contributed by atoms with Gasteiger partial charge in [0.15, 0.2) is 5.82 Å². The van der Waals surface area contributed by atoms with Crippen LogP contribution in [0, 0.1) is 6.92 Å². The maximum absolute atomic E-state index is 4.73. The molecule has 1 aromatic carbocycles. The van der Waals surface area contributed by atoms with Crippen molar-refractivity contribution in [1.29, 1.82) is 0 Å². The fourth-order valence-electron chi connectivity index (χ4n) is 4.29. The Kier molecular flexibility index (Phi) is 4.00. The molecule has 5 rings (SSSR count). The first-order chi connectivity index (χ1) is 13.3. The predicted molar refractivity (Wildman–Crippen MR) is 109 cm³/mol. The third-order valence-corrected chi connectivity index (χ3v) is 5.66. The number of anilines is 1. The monoisotopic (exact) mass is 357 g/mol. The lowest BCUT2D eigenvalue weighted by molar-refractivity contribution is 0.599. The number of aromatic amines is 1. The lowest BCUT2D eigenvalue weighted by Gasteiger charge is -2.30. The Bertz CT molecular complexity index is 1080. The minimum absolute atomic E-state index is 0.518. The van der Waals surface area contributed by atoms with Crippen molar-refractivity contribution in [2.45, 2.75) is 45.2 Å². The van der Waals surface area contributed by atoms with Crippen LogP contribution in [0.25, 0.3) is 21.9 Å². The van der Waals surface area contributed by atoms with E-state index in [0.717, 1.165) is 28.9 Å². The number of aromatic nitrogens is 4. The third-order valence-electron chi connectivity index (χ3n) is 5.66. The molecule has 5 nitrogen and oxygen atoms in total. The molecule has 0 bridgehead atoms. The van der Waals surface area contributed by atoms with Crippen molar-refractivity contribution >= 4 is 27.8 Å². The van der Waals surface area contributed by atoms with Crippen LogP contribution in [0.2, 0.25) is 0 Å². The van der Waals surface area contributed by atoms with E-state index in [2.05, 4.69) is 57.1 Å². The number of rotatable bonds is 4. The Balaban J connectivity index is 1.66. The highest BCUT2D eigenvalue weighted by molar-refractivity contribution is 6.08. The number of hydrogen-bond acceptors (Lipinski definition) is 4. The molecule has 1 fully saturated rings. The molecule has 3 heterocycles. The summed E-state index contributed by atoms with van der Waals surface area (Å²) in [7, 11) is 0. The highest BCUT2D eigenvalue weighted by atomic mass is 15.2. The van der Waals surface area contributed by atoms with Crippen LogP contribution in [0.5, 0.6) is 0 Å². The Morgan fingerprint density at radius 3 is 2.70 bits per heavy atom. The van der Waals surface area contributed by atoms with Crippen molar-refractivity contribution in [3.63, 3.8) is 0 Å². The fourth-order valence-corrected chi connectivity index (χ4v) is 4.29. The molecule has 0 unspecified atom stereocenters. The van der Waals surface area contributed by atoms with Gasteiger partial charge in [0.25, 0.3) is 0 Å². The zero-order valence-electron chi connectivity index (χ0n) is 15.5. The van der Waals surface area contributed by atoms with E-state index < -0.39 is 0 Å². The number of aryl methyl sites for hydroxylation is 1. The van der Waals surface area contributed by atoms with Gasteiger partial charge in [0.1, 0.15) is 17.4 Å². The van der Waals surface area contributed by atoms with E-state index >= 15 is 0 Å². The molecule has 1 aliphatic carbocycles. The van der Waals surface area contributed by atoms with E-state index in [4.69, 9.17) is 4.98 Å². The molecular weight excluding hydrogens is 334 g/mol. The molecule has 1 saturated carbocycles. The maximum atomic E-state index is 4.73. The summed E-state index contributed by atoms with van der Waals surface area (Å²) >= 11 is 0. The predicted octanol–water partition coefficient (Wildman–Crippen LogP) is 4.76. The van der Waals surface area contributed by atoms with E-state index in [9.17, 15) is 0 Å². The number of fused-ring (bicyclic) bond motifs is 3. The van der Waals surface area contributed by atoms with Crippen LogP contribution < -0.4 is 4.90 Å². The average Bonchev–Trinajstić information content (AvgIpc) is 3.35. The lowest BCUT2D eigenvalue weighted by atomic mass is 10.1. The first kappa shape index (κ1) is 16.2. The molecule has 0 aliphatic heterocycles. The molecule has 5 heteroatoms. The first-order valence-electron chi connectivity index (χ1n) is 9.68. The molecule has 1 N–H and O–H groups in total. The number of hydrogen-bond donors (Lipinski definition) is 1. The first-order valence-corrected chi connectivity index (χ1v) is 9.68. The largest absolute Gasteiger partial charge is 0.350 e. The Hall–Kier alpha value is -2.95. The topological polar surface area (TPSA) is 57.7 Å². The zero-order valence-corrected chi connectivity index (χ0v) is 15.5. The number of nitrogens with zero attached hydrogens (tertiary/aromatic N) is 4. The van der Waals surface area contributed by atoms with E-state index in [1.54, 1.807) is 6.33 Å². The van der Waals surface area contributed by atoms with Gasteiger partial charge in [-0.25, -0.2) is 9.97 Å². The fraction of sp³-hybridized carbons (Fsp3) is 0.318. The number of benzene rings is 1. The molecule has 0 radical (unpaired) electrons. The second kappa shape index (κ2) is 6.65. The van der Waals surface area contributed by atoms with Gasteiger partial charge in [-0.05, 0) is 49.6 Å². The van der Waals surface area contributed by atoms with Gasteiger partial charge in [-0.3, -0.25) is 4.98 Å². The van der Waals surface area contributed by atoms with Gasteiger partial charge >= 0.3 is 0 Å². The number of pyridine rings is 1. The molecular formula is C22H23N5. The van der Waals surface area contributed by atoms with Crippen LogP contribution in [-0.4, -0.2) is 26.0 Å². The summed E-state index contributed by atoms with van der Waals surface area (Å²) in [6.07, 6.45) is 10.5. The summed E-state index contributed by atoms with van der Waals surface area (Å²) in [5.41, 5.74) is 5.67. The van der Waals surface area contributed by atoms with Crippen LogP contribution in [0.4, 0.5) is 5.82 Å². The Morgan fingerprint density at radius 1 is 1.07 bits per heavy atom. The van der Waals surface area contributed by atoms with Gasteiger partial charge < -0.3 is 9.88 Å². The van der Waals surface area contributed by atoms with Gasteiger partial charge in [-0.1, -0.05) is 24.5 Å². The molecule has 0 saturated heterocycles. The minimum atomic E-state index is 0.518. The van der Waals surface area contributed by atoms with Crippen LogP contribution in [0.1, 0.15) is 36.8 Å². The number of nitrogens with one attached hydrogen (secondary N) is 1. The average molecular weight is 357 g/mol. The lowest BCUT2D eigenvalue weighted by Crippen LogP contribution is -2.33. The van der Waals surface area contributed by atoms with Crippen molar-refractivity contribution in [3.8, 4) is 0 Å². The van der Waals surface area contributed by atoms with E-state index in [-0.39, 0.29) is 0 Å². The highest BCUT2D eigenvalue weighted by Gasteiger charge is 2.26. The summed E-state index contributed by atoms with van der Waals surface area (Å²) in [6, 6.07) is 11.2. The van der Waals surface area contributed by atoms with Gasteiger partial charge in [0.05, 0.1) is 0 Å². The summed E-state index contributed by atoms with van der Waals surface area (Å²) < 4.78 is 0. The molecule has 136 valence electrons. The summed E-state index contributed by atoms with van der Waals surface area (Å²) in [6.45, 7) is 2.96. The molecule has 0 spiro atoms. The summed E-state index contributed by atoms with van der Waals surface area (Å²) in [5.74, 6) is 1.01. The van der Waals surface area contributed by atoms with Gasteiger partial charge in [0.2, 0.25) is 0 Å². The molecule has 1 aliphatic rings. The van der Waals surface area contributed by atoms with Crippen molar-refractivity contribution in [2.24, 2.45) is 0 Å². The zero-order chi connectivity index (χ0) is 18.2. The maximum Gasteiger partial charge on any atom is 0.157 e. The molecule has 27 heavy (non-hydrogen) atoms. The van der Waals surface area contributed by atoms with Crippen LogP contribution in [0.15, 0.2) is 49.1 Å². The summed E-state index contributed by atoms with van der Waals surface area (Å²) in [4.78, 5) is 19.6. The summed E-state index contributed by atoms with van der Waals surface area (Å²) in [5, 5.41) is 1.17. The second-order valence-electron chi connectivity index (χ2n) is 7.52. The highest BCUT2D eigenvalue weighted by Crippen LogP contribution is 2.34. The molecule has 3 aromatic heterocycles. The standard InChI is InChI=1S/C22H23N5/c1-15-6-7-19-18(12-15)20-21(26-19)22(25-14-24-20)27(17-4-2-3-5-17)13-16-8-10-23-11-9-16/h6-12,14,17,26H,2-5,13H2,1H3. The van der Waals surface area contributed by atoms with E-state index in [1.807, 2.05) is 12.4 Å². The Morgan fingerprint density at radius 2 is 1.89 bits per heavy atom. The Labute approximate surface area is 158 Å². The minimum Gasteiger partial charge on any atom is -0.350 e. The van der Waals surface area contributed by atoms with Gasteiger partial charge in [0, 0.05) is 35.9 Å². The van der Waals surface area contributed by atoms with Crippen LogP contribution in [0.3, 0.4) is 0 Å². The van der Waals surface area contributed by atoms with Crippen LogP contribution >= 0.6 is 0 Å². The SMILES string of the molecule is Cc1ccc2[nH]c3c(N(Cc4ccncc4)C4CCCC4)ncnc3c2c1. The van der Waals surface area contributed by atoms with E-state index in [1.165, 1.54) is 42.2 Å². The number of H-pyrrole nitrogens is 1. The molecule has 4 aromatic rings. The van der Waals surface area contributed by atoms with Crippen molar-refractivity contribution in [1.82, 2.24) is 19.9 Å². The van der Waals surface area contributed by atoms with E-state index in [0.29, 0.717) is 6.04 Å². The van der Waals surface area contributed by atoms with Crippen molar-refractivity contribution < 1.29 is 0 Å².